The molecular weight excluding hydrogens is 268 g/mol. The molecule has 0 aromatic carbocycles. The number of aliphatic hydroxyl groups is 4. The van der Waals surface area contributed by atoms with Crippen molar-refractivity contribution in [1.82, 2.24) is 5.32 Å². The molecule has 1 amide bonds. The van der Waals surface area contributed by atoms with Gasteiger partial charge >= 0.3 is 0 Å². The van der Waals surface area contributed by atoms with E-state index in [0.717, 1.165) is 12.8 Å². The summed E-state index contributed by atoms with van der Waals surface area (Å²) in [6.45, 7) is 0.0577. The summed E-state index contributed by atoms with van der Waals surface area (Å²) in [6, 6.07) is 0. The summed E-state index contributed by atoms with van der Waals surface area (Å²) >= 11 is 0. The van der Waals surface area contributed by atoms with Gasteiger partial charge < -0.3 is 36.2 Å². The average molecular weight is 292 g/mol. The molecule has 8 heteroatoms. The highest BCUT2D eigenvalue weighted by molar-refractivity contribution is 5.76. The van der Waals surface area contributed by atoms with Crippen LogP contribution in [0.4, 0.5) is 0 Å². The zero-order valence-electron chi connectivity index (χ0n) is 11.3. The zero-order chi connectivity index (χ0) is 15.1. The smallest absolute Gasteiger partial charge is 0.222 e. The summed E-state index contributed by atoms with van der Waals surface area (Å²) in [4.78, 5) is 11.7. The Kier molecular flexibility index (Phi) is 7.35. The minimum Gasteiger partial charge on any atom is -0.394 e. The number of ether oxygens (including phenoxy) is 1. The highest BCUT2D eigenvalue weighted by Crippen LogP contribution is 2.19. The van der Waals surface area contributed by atoms with Gasteiger partial charge in [-0.05, 0) is 19.4 Å². The minimum absolute atomic E-state index is 0.259. The summed E-state index contributed by atoms with van der Waals surface area (Å²) in [7, 11) is 0. The SMILES string of the molecule is NCCCCCC(=O)NC1O[C@H](CO)[C@H](O)[C@H](O)[C@H]1O. The number of carbonyl (C=O) groups excluding carboxylic acids is 1. The Balaban J connectivity index is 2.43. The zero-order valence-corrected chi connectivity index (χ0v) is 11.3. The molecule has 0 aromatic heterocycles. The fraction of sp³-hybridized carbons (Fsp3) is 0.917. The minimum atomic E-state index is -1.48. The molecule has 0 bridgehead atoms. The molecule has 1 saturated heterocycles. The summed E-state index contributed by atoms with van der Waals surface area (Å²) in [5, 5.41) is 40.3. The topological polar surface area (TPSA) is 145 Å². The van der Waals surface area contributed by atoms with Crippen LogP contribution in [0.5, 0.6) is 0 Å². The van der Waals surface area contributed by atoms with E-state index >= 15 is 0 Å². The molecule has 1 aliphatic rings. The van der Waals surface area contributed by atoms with Crippen molar-refractivity contribution in [3.63, 3.8) is 0 Å². The van der Waals surface area contributed by atoms with E-state index in [1.165, 1.54) is 0 Å². The van der Waals surface area contributed by atoms with Crippen LogP contribution in [0.3, 0.4) is 0 Å². The lowest BCUT2D eigenvalue weighted by atomic mass is 9.98. The lowest BCUT2D eigenvalue weighted by Crippen LogP contribution is -2.63. The maximum absolute atomic E-state index is 11.7. The van der Waals surface area contributed by atoms with E-state index in [1.54, 1.807) is 0 Å². The number of nitrogens with two attached hydrogens (primary N) is 1. The molecule has 1 rings (SSSR count). The number of amides is 1. The van der Waals surface area contributed by atoms with Gasteiger partial charge in [-0.25, -0.2) is 0 Å². The van der Waals surface area contributed by atoms with Gasteiger partial charge in [-0.3, -0.25) is 4.79 Å². The number of rotatable bonds is 7. The van der Waals surface area contributed by atoms with Gasteiger partial charge in [-0.2, -0.15) is 0 Å². The van der Waals surface area contributed by atoms with Crippen LogP contribution < -0.4 is 11.1 Å². The summed E-state index contributed by atoms with van der Waals surface area (Å²) in [5.74, 6) is -0.327. The Labute approximate surface area is 117 Å². The third-order valence-electron chi connectivity index (χ3n) is 3.30. The summed E-state index contributed by atoms with van der Waals surface area (Å²) in [5.41, 5.74) is 5.34. The Bertz CT molecular complexity index is 302. The second-order valence-electron chi connectivity index (χ2n) is 4.92. The monoisotopic (exact) mass is 292 g/mol. The number of unbranched alkanes of at least 4 members (excludes halogenated alkanes) is 2. The number of carbonyl (C=O) groups is 1. The largest absolute Gasteiger partial charge is 0.394 e. The molecule has 0 saturated carbocycles. The molecule has 0 aliphatic carbocycles. The Morgan fingerprint density at radius 3 is 2.40 bits per heavy atom. The van der Waals surface area contributed by atoms with Crippen LogP contribution in [-0.4, -0.2) is 70.1 Å². The van der Waals surface area contributed by atoms with Crippen LogP contribution in [0, 0.1) is 0 Å². The fourth-order valence-electron chi connectivity index (χ4n) is 2.06. The van der Waals surface area contributed by atoms with Crippen LogP contribution in [0.1, 0.15) is 25.7 Å². The standard InChI is InChI=1S/C12H24N2O6/c13-5-3-1-2-4-8(16)14-12-11(19)10(18)9(17)7(6-15)20-12/h7,9-12,15,17-19H,1-6,13H2,(H,14,16)/t7-,9+,10+,11-,12?/m1/s1. The maximum Gasteiger partial charge on any atom is 0.222 e. The Morgan fingerprint density at radius 1 is 1.10 bits per heavy atom. The number of hydrogen-bond acceptors (Lipinski definition) is 7. The van der Waals surface area contributed by atoms with E-state index in [2.05, 4.69) is 5.32 Å². The van der Waals surface area contributed by atoms with Crippen molar-refractivity contribution in [2.24, 2.45) is 5.73 Å². The van der Waals surface area contributed by atoms with Gasteiger partial charge in [0.25, 0.3) is 0 Å². The van der Waals surface area contributed by atoms with Crippen molar-refractivity contribution < 1.29 is 30.0 Å². The van der Waals surface area contributed by atoms with Gasteiger partial charge in [0.05, 0.1) is 6.61 Å². The number of nitrogens with one attached hydrogen (secondary N) is 1. The van der Waals surface area contributed by atoms with Gasteiger partial charge in [0.15, 0.2) is 6.23 Å². The Hall–Kier alpha value is -0.770. The molecule has 5 atom stereocenters. The normalized spacial score (nSPS) is 34.0. The molecule has 118 valence electrons. The van der Waals surface area contributed by atoms with Crippen molar-refractivity contribution in [2.45, 2.75) is 56.3 Å². The summed E-state index contributed by atoms with van der Waals surface area (Å²) < 4.78 is 5.17. The molecule has 8 nitrogen and oxygen atoms in total. The molecule has 0 aromatic rings. The van der Waals surface area contributed by atoms with Crippen molar-refractivity contribution in [3.05, 3.63) is 0 Å². The molecule has 0 spiro atoms. The van der Waals surface area contributed by atoms with Gasteiger partial charge in [0, 0.05) is 6.42 Å². The van der Waals surface area contributed by atoms with Crippen LogP contribution >= 0.6 is 0 Å². The van der Waals surface area contributed by atoms with E-state index in [0.29, 0.717) is 13.0 Å². The third kappa shape index (κ3) is 4.65. The molecule has 1 fully saturated rings. The maximum atomic E-state index is 11.7. The second-order valence-corrected chi connectivity index (χ2v) is 4.92. The van der Waals surface area contributed by atoms with E-state index in [9.17, 15) is 20.1 Å². The fourth-order valence-corrected chi connectivity index (χ4v) is 2.06. The molecule has 1 aliphatic heterocycles. The van der Waals surface area contributed by atoms with Crippen LogP contribution in [0.2, 0.25) is 0 Å². The quantitative estimate of drug-likeness (QED) is 0.283. The van der Waals surface area contributed by atoms with E-state index < -0.39 is 37.3 Å². The highest BCUT2D eigenvalue weighted by atomic mass is 16.6. The average Bonchev–Trinajstić information content (AvgIpc) is 2.44. The lowest BCUT2D eigenvalue weighted by Gasteiger charge is -2.40. The van der Waals surface area contributed by atoms with Gasteiger partial charge in [-0.1, -0.05) is 6.42 Å². The first kappa shape index (κ1) is 17.3. The van der Waals surface area contributed by atoms with Crippen molar-refractivity contribution >= 4 is 5.91 Å². The van der Waals surface area contributed by atoms with Gasteiger partial charge in [-0.15, -0.1) is 0 Å². The van der Waals surface area contributed by atoms with Crippen LogP contribution in [-0.2, 0) is 9.53 Å². The predicted octanol–water partition coefficient (Wildman–Crippen LogP) is -2.58. The van der Waals surface area contributed by atoms with Crippen LogP contribution in [0.15, 0.2) is 0 Å². The van der Waals surface area contributed by atoms with Crippen molar-refractivity contribution in [3.8, 4) is 0 Å². The number of aliphatic hydroxyl groups excluding tert-OH is 4. The lowest BCUT2D eigenvalue weighted by molar-refractivity contribution is -0.236. The first-order chi connectivity index (χ1) is 9.51. The number of hydrogen-bond donors (Lipinski definition) is 6. The molecular formula is C12H24N2O6. The first-order valence-electron chi connectivity index (χ1n) is 6.81. The highest BCUT2D eigenvalue weighted by Gasteiger charge is 2.43. The molecule has 0 radical (unpaired) electrons. The van der Waals surface area contributed by atoms with Crippen LogP contribution in [0.25, 0.3) is 0 Å². The van der Waals surface area contributed by atoms with Gasteiger partial charge in [0.1, 0.15) is 24.4 Å². The van der Waals surface area contributed by atoms with E-state index in [-0.39, 0.29) is 12.3 Å². The summed E-state index contributed by atoms with van der Waals surface area (Å²) in [6.07, 6.45) is -3.91. The van der Waals surface area contributed by atoms with Gasteiger partial charge in [0.2, 0.25) is 5.91 Å². The Morgan fingerprint density at radius 2 is 1.80 bits per heavy atom. The first-order valence-corrected chi connectivity index (χ1v) is 6.81. The van der Waals surface area contributed by atoms with E-state index in [1.807, 2.05) is 0 Å². The predicted molar refractivity (Wildman–Crippen MR) is 69.4 cm³/mol. The van der Waals surface area contributed by atoms with E-state index in [4.69, 9.17) is 15.6 Å². The molecule has 1 heterocycles. The molecule has 20 heavy (non-hydrogen) atoms. The molecule has 7 N–H and O–H groups in total. The molecule has 1 unspecified atom stereocenters. The van der Waals surface area contributed by atoms with Crippen molar-refractivity contribution in [2.75, 3.05) is 13.2 Å². The second kappa shape index (κ2) is 8.50. The van der Waals surface area contributed by atoms with Crippen molar-refractivity contribution in [1.29, 1.82) is 0 Å². The third-order valence-corrected chi connectivity index (χ3v) is 3.30.